The van der Waals surface area contributed by atoms with Gasteiger partial charge in [0, 0.05) is 10.6 Å². The first-order chi connectivity index (χ1) is 15.4. The van der Waals surface area contributed by atoms with Gasteiger partial charge in [-0.1, -0.05) is 41.4 Å². The van der Waals surface area contributed by atoms with E-state index in [0.29, 0.717) is 21.7 Å². The topological polar surface area (TPSA) is 74.2 Å². The first-order valence-corrected chi connectivity index (χ1v) is 10.1. The molecule has 0 spiro atoms. The van der Waals surface area contributed by atoms with Crippen molar-refractivity contribution in [3.63, 3.8) is 0 Å². The normalized spacial score (nSPS) is 14.2. The van der Waals surface area contributed by atoms with Gasteiger partial charge in [0.15, 0.2) is 17.2 Å². The maximum atomic E-state index is 12.4. The summed E-state index contributed by atoms with van der Waals surface area (Å²) in [5.41, 5.74) is 1.58. The molecule has 0 bridgehead atoms. The minimum Gasteiger partial charge on any atom is -0.493 e. The molecular formula is C24H15Cl2NO5. The maximum Gasteiger partial charge on any atom is 0.363 e. The Morgan fingerprint density at radius 1 is 1.03 bits per heavy atom. The molecule has 32 heavy (non-hydrogen) atoms. The van der Waals surface area contributed by atoms with Crippen LogP contribution in [0.5, 0.6) is 11.5 Å². The quantitative estimate of drug-likeness (QED) is 0.278. The van der Waals surface area contributed by atoms with Crippen molar-refractivity contribution in [3.8, 4) is 11.5 Å². The number of ether oxygens (including phenoxy) is 3. The number of hydrogen-bond donors (Lipinski definition) is 0. The predicted octanol–water partition coefficient (Wildman–Crippen LogP) is 5.57. The molecule has 0 aromatic heterocycles. The van der Waals surface area contributed by atoms with E-state index in [4.69, 9.17) is 37.4 Å². The predicted molar refractivity (Wildman–Crippen MR) is 121 cm³/mol. The highest BCUT2D eigenvalue weighted by atomic mass is 35.5. The number of esters is 2. The lowest BCUT2D eigenvalue weighted by atomic mass is 10.1. The van der Waals surface area contributed by atoms with Crippen molar-refractivity contribution < 1.29 is 23.8 Å². The molecule has 0 radical (unpaired) electrons. The molecule has 0 amide bonds. The van der Waals surface area contributed by atoms with Crippen LogP contribution < -0.4 is 9.47 Å². The summed E-state index contributed by atoms with van der Waals surface area (Å²) in [6.07, 6.45) is 1.50. The molecule has 160 valence electrons. The SMILES string of the molecule is COc1cc(C=C2N=C(c3ccc(Cl)cc3)OC2=O)cc(Cl)c1OC(=O)c1ccccc1. The molecule has 1 heterocycles. The second kappa shape index (κ2) is 9.26. The third-order valence-corrected chi connectivity index (χ3v) is 5.00. The van der Waals surface area contributed by atoms with Crippen molar-refractivity contribution in [2.75, 3.05) is 7.11 Å². The lowest BCUT2D eigenvalue weighted by Gasteiger charge is -2.12. The second-order valence-electron chi connectivity index (χ2n) is 6.63. The summed E-state index contributed by atoms with van der Waals surface area (Å²) >= 11 is 12.2. The van der Waals surface area contributed by atoms with Crippen molar-refractivity contribution >= 4 is 47.1 Å². The highest BCUT2D eigenvalue weighted by Gasteiger charge is 2.25. The number of hydrogen-bond acceptors (Lipinski definition) is 6. The summed E-state index contributed by atoms with van der Waals surface area (Å²) in [6.45, 7) is 0. The molecule has 0 atom stereocenters. The summed E-state index contributed by atoms with van der Waals surface area (Å²) in [6, 6.07) is 18.4. The minimum absolute atomic E-state index is 0.0736. The molecule has 1 aliphatic heterocycles. The lowest BCUT2D eigenvalue weighted by molar-refractivity contribution is -0.129. The fourth-order valence-electron chi connectivity index (χ4n) is 2.93. The zero-order chi connectivity index (χ0) is 22.7. The third-order valence-electron chi connectivity index (χ3n) is 4.47. The second-order valence-corrected chi connectivity index (χ2v) is 7.48. The van der Waals surface area contributed by atoms with Crippen LogP contribution in [-0.4, -0.2) is 24.9 Å². The van der Waals surface area contributed by atoms with Crippen LogP contribution in [0.15, 0.2) is 77.4 Å². The number of nitrogens with zero attached hydrogens (tertiary/aromatic N) is 1. The van der Waals surface area contributed by atoms with Crippen molar-refractivity contribution in [2.45, 2.75) is 0 Å². The van der Waals surface area contributed by atoms with Gasteiger partial charge in [0.1, 0.15) is 0 Å². The number of benzene rings is 3. The smallest absolute Gasteiger partial charge is 0.363 e. The van der Waals surface area contributed by atoms with Gasteiger partial charge in [0.05, 0.1) is 17.7 Å². The average molecular weight is 468 g/mol. The Balaban J connectivity index is 1.62. The summed E-state index contributed by atoms with van der Waals surface area (Å²) < 4.78 is 16.0. The van der Waals surface area contributed by atoms with Gasteiger partial charge in [-0.15, -0.1) is 0 Å². The molecule has 1 aliphatic rings. The van der Waals surface area contributed by atoms with E-state index in [9.17, 15) is 9.59 Å². The molecule has 0 fully saturated rings. The number of carbonyl (C=O) groups is 2. The van der Waals surface area contributed by atoms with Gasteiger partial charge in [-0.25, -0.2) is 14.6 Å². The van der Waals surface area contributed by atoms with E-state index in [-0.39, 0.29) is 28.1 Å². The van der Waals surface area contributed by atoms with Gasteiger partial charge >= 0.3 is 11.9 Å². The van der Waals surface area contributed by atoms with Crippen molar-refractivity contribution in [2.24, 2.45) is 4.99 Å². The zero-order valence-corrected chi connectivity index (χ0v) is 18.2. The number of carbonyl (C=O) groups excluding carboxylic acids is 2. The summed E-state index contributed by atoms with van der Waals surface area (Å²) in [4.78, 5) is 28.9. The van der Waals surface area contributed by atoms with Crippen molar-refractivity contribution in [3.05, 3.63) is 99.2 Å². The lowest BCUT2D eigenvalue weighted by Crippen LogP contribution is -2.09. The Bertz CT molecular complexity index is 1250. The maximum absolute atomic E-state index is 12.4. The molecule has 0 N–H and O–H groups in total. The van der Waals surface area contributed by atoms with Crippen LogP contribution in [-0.2, 0) is 9.53 Å². The molecule has 6 nitrogen and oxygen atoms in total. The number of methoxy groups -OCH3 is 1. The molecule has 3 aromatic rings. The zero-order valence-electron chi connectivity index (χ0n) is 16.7. The van der Waals surface area contributed by atoms with E-state index in [1.54, 1.807) is 60.7 Å². The van der Waals surface area contributed by atoms with E-state index in [1.807, 2.05) is 0 Å². The number of cyclic esters (lactones) is 1. The largest absolute Gasteiger partial charge is 0.493 e. The molecule has 3 aromatic carbocycles. The van der Waals surface area contributed by atoms with E-state index in [0.717, 1.165) is 0 Å². The van der Waals surface area contributed by atoms with Crippen LogP contribution in [0.3, 0.4) is 0 Å². The summed E-state index contributed by atoms with van der Waals surface area (Å²) in [5.74, 6) is -0.714. The summed E-state index contributed by atoms with van der Waals surface area (Å²) in [5, 5.41) is 0.693. The Morgan fingerprint density at radius 2 is 1.75 bits per heavy atom. The van der Waals surface area contributed by atoms with Crippen LogP contribution >= 0.6 is 23.2 Å². The Morgan fingerprint density at radius 3 is 2.44 bits per heavy atom. The molecular weight excluding hydrogens is 453 g/mol. The van der Waals surface area contributed by atoms with E-state index >= 15 is 0 Å². The monoisotopic (exact) mass is 467 g/mol. The van der Waals surface area contributed by atoms with Gasteiger partial charge in [0.2, 0.25) is 5.90 Å². The third kappa shape index (κ3) is 4.66. The fraction of sp³-hybridized carbons (Fsp3) is 0.0417. The molecule has 0 aliphatic carbocycles. The fourth-order valence-corrected chi connectivity index (χ4v) is 3.31. The summed E-state index contributed by atoms with van der Waals surface area (Å²) in [7, 11) is 1.42. The van der Waals surface area contributed by atoms with Crippen LogP contribution in [0, 0.1) is 0 Å². The first-order valence-electron chi connectivity index (χ1n) is 9.38. The number of halogens is 2. The first kappa shape index (κ1) is 21.6. The van der Waals surface area contributed by atoms with Gasteiger partial charge < -0.3 is 14.2 Å². The Hall–Kier alpha value is -3.61. The van der Waals surface area contributed by atoms with Crippen LogP contribution in [0.4, 0.5) is 0 Å². The van der Waals surface area contributed by atoms with Crippen molar-refractivity contribution in [1.29, 1.82) is 0 Å². The highest BCUT2D eigenvalue weighted by Crippen LogP contribution is 2.38. The molecule has 0 saturated heterocycles. The molecule has 4 rings (SSSR count). The van der Waals surface area contributed by atoms with Gasteiger partial charge in [-0.3, -0.25) is 0 Å². The van der Waals surface area contributed by atoms with Crippen LogP contribution in [0.1, 0.15) is 21.5 Å². The van der Waals surface area contributed by atoms with Gasteiger partial charge in [0.25, 0.3) is 0 Å². The van der Waals surface area contributed by atoms with E-state index in [2.05, 4.69) is 4.99 Å². The van der Waals surface area contributed by atoms with E-state index in [1.165, 1.54) is 19.3 Å². The van der Waals surface area contributed by atoms with E-state index < -0.39 is 11.9 Å². The standard InChI is InChI=1S/C24H15Cl2NO5/c1-30-20-13-14(11-18(26)21(20)31-23(28)16-5-3-2-4-6-16)12-19-24(29)32-22(27-19)15-7-9-17(25)10-8-15/h2-13H,1H3. The van der Waals surface area contributed by atoms with Crippen LogP contribution in [0.2, 0.25) is 10.0 Å². The average Bonchev–Trinajstić information content (AvgIpc) is 3.16. The number of rotatable bonds is 5. The van der Waals surface area contributed by atoms with Crippen molar-refractivity contribution in [1.82, 2.24) is 0 Å². The highest BCUT2D eigenvalue weighted by molar-refractivity contribution is 6.32. The van der Waals surface area contributed by atoms with Gasteiger partial charge in [-0.2, -0.15) is 0 Å². The molecule has 0 unspecified atom stereocenters. The Kier molecular flexibility index (Phi) is 6.25. The van der Waals surface area contributed by atoms with Crippen LogP contribution in [0.25, 0.3) is 6.08 Å². The molecule has 0 saturated carbocycles. The Labute approximate surface area is 193 Å². The van der Waals surface area contributed by atoms with Gasteiger partial charge in [-0.05, 0) is 60.2 Å². The minimum atomic E-state index is -0.607. The number of aliphatic imine (C=N–C) groups is 1. The molecule has 8 heteroatoms.